The predicted molar refractivity (Wildman–Crippen MR) is 112 cm³/mol. The van der Waals surface area contributed by atoms with Crippen LogP contribution in [0.4, 0.5) is 0 Å². The quantitative estimate of drug-likeness (QED) is 0.512. The number of fused-ring (bicyclic) bond motifs is 1. The monoisotopic (exact) mass is 466 g/mol. The molecule has 2 aromatic carbocycles. The van der Waals surface area contributed by atoms with Crippen LogP contribution in [0.2, 0.25) is 5.02 Å². The number of ether oxygens (including phenoxy) is 2. The van der Waals surface area contributed by atoms with Crippen molar-refractivity contribution in [2.75, 3.05) is 33.4 Å². The van der Waals surface area contributed by atoms with Crippen LogP contribution in [0, 0.1) is 0 Å². The zero-order valence-corrected chi connectivity index (χ0v) is 18.1. The number of benzene rings is 2. The van der Waals surface area contributed by atoms with Gasteiger partial charge in [0.05, 0.1) is 42.8 Å². The van der Waals surface area contributed by atoms with Gasteiger partial charge in [0.25, 0.3) is 0 Å². The van der Waals surface area contributed by atoms with E-state index in [0.29, 0.717) is 29.5 Å². The summed E-state index contributed by atoms with van der Waals surface area (Å²) in [5.74, 6) is -0.853. The molecule has 2 heterocycles. The number of nitrogens with zero attached hydrogens (tertiary/aromatic N) is 2. The van der Waals surface area contributed by atoms with Crippen molar-refractivity contribution >= 4 is 38.5 Å². The zero-order valence-electron chi connectivity index (χ0n) is 16.5. The number of oxazole rings is 1. The fourth-order valence-electron chi connectivity index (χ4n) is 3.42. The number of sulfonamides is 1. The van der Waals surface area contributed by atoms with Crippen LogP contribution in [0.15, 0.2) is 50.5 Å². The lowest BCUT2D eigenvalue weighted by Crippen LogP contribution is -2.40. The number of Topliss-reactive ketones (excluding diaryl/α,β-unsaturated/α-hetero) is 1. The molecule has 164 valence electrons. The molecule has 4 rings (SSSR count). The third-order valence-corrected chi connectivity index (χ3v) is 7.14. The molecule has 0 atom stereocenters. The molecular formula is C20H19ClN2O7S. The van der Waals surface area contributed by atoms with Gasteiger partial charge < -0.3 is 13.9 Å². The second kappa shape index (κ2) is 8.46. The van der Waals surface area contributed by atoms with Crippen molar-refractivity contribution in [3.05, 3.63) is 57.5 Å². The maximum Gasteiger partial charge on any atom is 0.420 e. The van der Waals surface area contributed by atoms with E-state index >= 15 is 0 Å². The Bertz CT molecular complexity index is 1310. The Morgan fingerprint density at radius 3 is 2.61 bits per heavy atom. The van der Waals surface area contributed by atoms with Crippen LogP contribution in [0.1, 0.15) is 10.4 Å². The van der Waals surface area contributed by atoms with Gasteiger partial charge in [-0.3, -0.25) is 9.36 Å². The number of carbonyl (C=O) groups is 1. The highest BCUT2D eigenvalue weighted by molar-refractivity contribution is 7.89. The highest BCUT2D eigenvalue weighted by atomic mass is 35.5. The van der Waals surface area contributed by atoms with E-state index in [1.54, 1.807) is 12.1 Å². The number of aromatic nitrogens is 1. The Hall–Kier alpha value is -2.66. The SMILES string of the molecule is COc1ccc(Cl)cc1C(=O)Cn1c(=O)oc2cc(S(=O)(=O)N3CCOCC3)ccc21. The maximum atomic E-state index is 12.9. The lowest BCUT2D eigenvalue weighted by atomic mass is 10.1. The summed E-state index contributed by atoms with van der Waals surface area (Å²) in [7, 11) is -2.33. The first-order valence-electron chi connectivity index (χ1n) is 9.39. The number of hydrogen-bond acceptors (Lipinski definition) is 7. The molecule has 0 radical (unpaired) electrons. The third-order valence-electron chi connectivity index (χ3n) is 5.01. The fraction of sp³-hybridized carbons (Fsp3) is 0.300. The van der Waals surface area contributed by atoms with Crippen LogP contribution >= 0.6 is 11.6 Å². The average Bonchev–Trinajstić information content (AvgIpc) is 3.08. The van der Waals surface area contributed by atoms with Crippen LogP contribution in [0.3, 0.4) is 0 Å². The molecule has 3 aromatic rings. The number of rotatable bonds is 6. The van der Waals surface area contributed by atoms with Gasteiger partial charge in [-0.1, -0.05) is 11.6 Å². The minimum absolute atomic E-state index is 0.00522. The van der Waals surface area contributed by atoms with E-state index in [2.05, 4.69) is 0 Å². The largest absolute Gasteiger partial charge is 0.496 e. The molecular weight excluding hydrogens is 448 g/mol. The fourth-order valence-corrected chi connectivity index (χ4v) is 5.02. The molecule has 0 unspecified atom stereocenters. The van der Waals surface area contributed by atoms with Crippen LogP contribution in [0.5, 0.6) is 5.75 Å². The van der Waals surface area contributed by atoms with Gasteiger partial charge in [0, 0.05) is 24.2 Å². The minimum Gasteiger partial charge on any atom is -0.496 e. The number of halogens is 1. The number of morpholine rings is 1. The molecule has 9 nitrogen and oxygen atoms in total. The summed E-state index contributed by atoms with van der Waals surface area (Å²) in [5, 5.41) is 0.353. The summed E-state index contributed by atoms with van der Waals surface area (Å²) in [4.78, 5) is 25.2. The minimum atomic E-state index is -3.75. The highest BCUT2D eigenvalue weighted by Crippen LogP contribution is 2.25. The predicted octanol–water partition coefficient (Wildman–Crippen LogP) is 2.16. The van der Waals surface area contributed by atoms with E-state index in [9.17, 15) is 18.0 Å². The van der Waals surface area contributed by atoms with Crippen molar-refractivity contribution < 1.29 is 27.1 Å². The Balaban J connectivity index is 1.68. The smallest absolute Gasteiger partial charge is 0.420 e. The molecule has 1 aliphatic rings. The van der Waals surface area contributed by atoms with Crippen molar-refractivity contribution in [2.45, 2.75) is 11.4 Å². The summed E-state index contributed by atoms with van der Waals surface area (Å²) in [6, 6.07) is 8.76. The van der Waals surface area contributed by atoms with Crippen molar-refractivity contribution in [2.24, 2.45) is 0 Å². The summed E-state index contributed by atoms with van der Waals surface area (Å²) >= 11 is 5.99. The van der Waals surface area contributed by atoms with Gasteiger partial charge >= 0.3 is 5.76 Å². The van der Waals surface area contributed by atoms with Gasteiger partial charge in [0.15, 0.2) is 11.4 Å². The standard InChI is InChI=1S/C20H19ClN2O7S/c1-28-18-5-2-13(21)10-15(18)17(24)12-23-16-4-3-14(11-19(16)30-20(23)25)31(26,27)22-6-8-29-9-7-22/h2-5,10-11H,6-9,12H2,1H3. The lowest BCUT2D eigenvalue weighted by Gasteiger charge is -2.25. The summed E-state index contributed by atoms with van der Waals surface area (Å²) in [6.45, 7) is 0.824. The summed E-state index contributed by atoms with van der Waals surface area (Å²) < 4.78 is 43.8. The molecule has 0 aliphatic carbocycles. The van der Waals surface area contributed by atoms with E-state index < -0.39 is 21.6 Å². The molecule has 31 heavy (non-hydrogen) atoms. The highest BCUT2D eigenvalue weighted by Gasteiger charge is 2.27. The third kappa shape index (κ3) is 4.11. The second-order valence-electron chi connectivity index (χ2n) is 6.87. The number of methoxy groups -OCH3 is 1. The number of ketones is 1. The maximum absolute atomic E-state index is 12.9. The van der Waals surface area contributed by atoms with E-state index in [0.717, 1.165) is 4.57 Å². The first kappa shape index (κ1) is 21.6. The molecule has 0 N–H and O–H groups in total. The zero-order chi connectivity index (χ0) is 22.2. The van der Waals surface area contributed by atoms with Gasteiger partial charge in [0.1, 0.15) is 5.75 Å². The van der Waals surface area contributed by atoms with Crippen molar-refractivity contribution in [3.63, 3.8) is 0 Å². The van der Waals surface area contributed by atoms with Crippen LogP contribution in [-0.4, -0.2) is 56.5 Å². The Morgan fingerprint density at radius 1 is 1.16 bits per heavy atom. The van der Waals surface area contributed by atoms with Gasteiger partial charge in [-0.05, 0) is 30.3 Å². The molecule has 0 spiro atoms. The van der Waals surface area contributed by atoms with E-state index in [1.807, 2.05) is 0 Å². The Morgan fingerprint density at radius 2 is 1.90 bits per heavy atom. The average molecular weight is 467 g/mol. The van der Waals surface area contributed by atoms with Gasteiger partial charge in [-0.2, -0.15) is 4.31 Å². The topological polar surface area (TPSA) is 108 Å². The molecule has 0 bridgehead atoms. The molecule has 11 heteroatoms. The van der Waals surface area contributed by atoms with Crippen LogP contribution in [-0.2, 0) is 21.3 Å². The Kier molecular flexibility index (Phi) is 5.89. The first-order chi connectivity index (χ1) is 14.8. The normalized spacial score (nSPS) is 15.3. The number of carbonyl (C=O) groups excluding carboxylic acids is 1. The van der Waals surface area contributed by atoms with E-state index in [-0.39, 0.29) is 35.7 Å². The van der Waals surface area contributed by atoms with Crippen molar-refractivity contribution in [1.29, 1.82) is 0 Å². The lowest BCUT2D eigenvalue weighted by molar-refractivity contribution is 0.0730. The summed E-state index contributed by atoms with van der Waals surface area (Å²) in [5.41, 5.74) is 0.605. The molecule has 1 fully saturated rings. The number of hydrogen-bond donors (Lipinski definition) is 0. The summed E-state index contributed by atoms with van der Waals surface area (Å²) in [6.07, 6.45) is 0. The van der Waals surface area contributed by atoms with Crippen molar-refractivity contribution in [1.82, 2.24) is 8.87 Å². The molecule has 0 saturated carbocycles. The van der Waals surface area contributed by atoms with Crippen molar-refractivity contribution in [3.8, 4) is 5.75 Å². The molecule has 1 aromatic heterocycles. The second-order valence-corrected chi connectivity index (χ2v) is 9.24. The molecule has 0 amide bonds. The van der Waals surface area contributed by atoms with Crippen LogP contribution in [0.25, 0.3) is 11.1 Å². The van der Waals surface area contributed by atoms with Gasteiger partial charge in [0.2, 0.25) is 10.0 Å². The van der Waals surface area contributed by atoms with E-state index in [4.69, 9.17) is 25.5 Å². The van der Waals surface area contributed by atoms with Gasteiger partial charge in [-0.25, -0.2) is 13.2 Å². The van der Waals surface area contributed by atoms with E-state index in [1.165, 1.54) is 35.7 Å². The van der Waals surface area contributed by atoms with Gasteiger partial charge in [-0.15, -0.1) is 0 Å². The Labute approximate surface area is 182 Å². The van der Waals surface area contributed by atoms with Crippen LogP contribution < -0.4 is 10.5 Å². The molecule has 1 aliphatic heterocycles. The first-order valence-corrected chi connectivity index (χ1v) is 11.2. The molecule has 1 saturated heterocycles.